The highest BCUT2D eigenvalue weighted by atomic mass is 16.3. The van der Waals surface area contributed by atoms with Gasteiger partial charge in [0.25, 0.3) is 5.56 Å². The minimum atomic E-state index is -0.395. The number of hydrogen-bond acceptors (Lipinski definition) is 4. The molecule has 0 atom stereocenters. The molecule has 0 radical (unpaired) electrons. The summed E-state index contributed by atoms with van der Waals surface area (Å²) in [4.78, 5) is 29.8. The van der Waals surface area contributed by atoms with Crippen molar-refractivity contribution in [2.75, 3.05) is 6.61 Å². The van der Waals surface area contributed by atoms with E-state index >= 15 is 0 Å². The molecule has 6 nitrogen and oxygen atoms in total. The fourth-order valence-corrected chi connectivity index (χ4v) is 3.21. The average molecular weight is 353 g/mol. The first-order chi connectivity index (χ1) is 12.5. The highest BCUT2D eigenvalue weighted by Crippen LogP contribution is 2.28. The Morgan fingerprint density at radius 1 is 1.19 bits per heavy atom. The Balaban J connectivity index is 2.27. The fraction of sp³-hybridized carbons (Fsp3) is 0.350. The monoisotopic (exact) mass is 353 g/mol. The maximum Gasteiger partial charge on any atom is 0.331 e. The number of fused-ring (bicyclic) bond motifs is 1. The van der Waals surface area contributed by atoms with Crippen molar-refractivity contribution in [3.63, 3.8) is 0 Å². The van der Waals surface area contributed by atoms with Gasteiger partial charge in [0.15, 0.2) is 0 Å². The second-order valence-electron chi connectivity index (χ2n) is 6.70. The van der Waals surface area contributed by atoms with Crippen LogP contribution < -0.4 is 11.2 Å². The molecule has 2 heterocycles. The number of nitrogens with zero attached hydrogens (tertiary/aromatic N) is 3. The van der Waals surface area contributed by atoms with Gasteiger partial charge in [-0.3, -0.25) is 18.9 Å². The summed E-state index contributed by atoms with van der Waals surface area (Å²) in [6, 6.07) is 9.76. The highest BCUT2D eigenvalue weighted by molar-refractivity contribution is 5.82. The van der Waals surface area contributed by atoms with Crippen LogP contribution in [0.25, 0.3) is 22.2 Å². The van der Waals surface area contributed by atoms with E-state index in [9.17, 15) is 9.59 Å². The Kier molecular flexibility index (Phi) is 5.04. The molecule has 0 spiro atoms. The Morgan fingerprint density at radius 3 is 2.62 bits per heavy atom. The molecule has 6 heteroatoms. The minimum Gasteiger partial charge on any atom is -0.396 e. The van der Waals surface area contributed by atoms with E-state index in [1.807, 2.05) is 18.2 Å². The molecular weight excluding hydrogens is 330 g/mol. The summed E-state index contributed by atoms with van der Waals surface area (Å²) in [6.45, 7) is 4.35. The second-order valence-corrected chi connectivity index (χ2v) is 6.70. The van der Waals surface area contributed by atoms with Crippen molar-refractivity contribution < 1.29 is 5.11 Å². The van der Waals surface area contributed by atoms with Gasteiger partial charge in [-0.1, -0.05) is 38.1 Å². The Hall–Kier alpha value is -2.73. The quantitative estimate of drug-likeness (QED) is 0.763. The van der Waals surface area contributed by atoms with Crippen LogP contribution in [0.1, 0.15) is 31.7 Å². The molecule has 136 valence electrons. The summed E-state index contributed by atoms with van der Waals surface area (Å²) in [7, 11) is 1.63. The first-order valence-electron chi connectivity index (χ1n) is 8.75. The molecule has 1 aromatic carbocycles. The summed E-state index contributed by atoms with van der Waals surface area (Å²) in [6.07, 6.45) is 1.94. The highest BCUT2D eigenvalue weighted by Gasteiger charge is 2.14. The SMILES string of the molecule is CC(C)c1ccccc1-c1cc2c(=O)n(CCCO)c(=O)n(C)c2cn1. The molecule has 1 N–H and O–H groups in total. The van der Waals surface area contributed by atoms with Gasteiger partial charge in [-0.15, -0.1) is 0 Å². The molecule has 0 saturated heterocycles. The first kappa shape index (κ1) is 18.1. The number of aliphatic hydroxyl groups is 1. The molecular formula is C20H23N3O3. The topological polar surface area (TPSA) is 77.1 Å². The van der Waals surface area contributed by atoms with Crippen LogP contribution >= 0.6 is 0 Å². The molecule has 3 rings (SSSR count). The van der Waals surface area contributed by atoms with Crippen molar-refractivity contribution in [1.82, 2.24) is 14.1 Å². The normalized spacial score (nSPS) is 11.4. The van der Waals surface area contributed by atoms with Crippen molar-refractivity contribution >= 4 is 10.9 Å². The number of aryl methyl sites for hydroxylation is 1. The Morgan fingerprint density at radius 2 is 1.92 bits per heavy atom. The molecule has 0 bridgehead atoms. The van der Waals surface area contributed by atoms with E-state index in [1.54, 1.807) is 19.3 Å². The van der Waals surface area contributed by atoms with Crippen LogP contribution in [0, 0.1) is 0 Å². The molecule has 0 unspecified atom stereocenters. The van der Waals surface area contributed by atoms with Gasteiger partial charge in [-0.2, -0.15) is 0 Å². The van der Waals surface area contributed by atoms with Crippen molar-refractivity contribution in [2.24, 2.45) is 7.05 Å². The largest absolute Gasteiger partial charge is 0.396 e. The zero-order valence-electron chi connectivity index (χ0n) is 15.3. The Labute approximate surface area is 151 Å². The summed E-state index contributed by atoms with van der Waals surface area (Å²) in [5.74, 6) is 0.324. The smallest absolute Gasteiger partial charge is 0.331 e. The van der Waals surface area contributed by atoms with Gasteiger partial charge in [0.05, 0.1) is 22.8 Å². The van der Waals surface area contributed by atoms with Gasteiger partial charge in [0.2, 0.25) is 0 Å². The van der Waals surface area contributed by atoms with Gasteiger partial charge in [-0.25, -0.2) is 4.79 Å². The molecule has 0 fully saturated rings. The van der Waals surface area contributed by atoms with E-state index in [0.717, 1.165) is 11.1 Å². The lowest BCUT2D eigenvalue weighted by Gasteiger charge is -2.14. The molecule has 26 heavy (non-hydrogen) atoms. The second kappa shape index (κ2) is 7.25. The maximum absolute atomic E-state index is 12.8. The Bertz CT molecular complexity index is 1060. The van der Waals surface area contributed by atoms with E-state index in [1.165, 1.54) is 9.13 Å². The lowest BCUT2D eigenvalue weighted by Crippen LogP contribution is -2.39. The number of aromatic nitrogens is 3. The molecule has 3 aromatic rings. The van der Waals surface area contributed by atoms with Gasteiger partial charge in [-0.05, 0) is 24.0 Å². The summed E-state index contributed by atoms with van der Waals surface area (Å²) in [5.41, 5.74) is 2.62. The van der Waals surface area contributed by atoms with Crippen LogP contribution in [0.5, 0.6) is 0 Å². The van der Waals surface area contributed by atoms with Gasteiger partial charge < -0.3 is 5.11 Å². The van der Waals surface area contributed by atoms with Crippen LogP contribution in [-0.4, -0.2) is 25.8 Å². The third kappa shape index (κ3) is 3.08. The molecule has 0 aliphatic rings. The predicted octanol–water partition coefficient (Wildman–Crippen LogP) is 2.27. The molecule has 0 amide bonds. The lowest BCUT2D eigenvalue weighted by molar-refractivity contribution is 0.277. The van der Waals surface area contributed by atoms with Gasteiger partial charge >= 0.3 is 5.69 Å². The number of aliphatic hydroxyl groups excluding tert-OH is 1. The van der Waals surface area contributed by atoms with Crippen LogP contribution in [0.15, 0.2) is 46.1 Å². The minimum absolute atomic E-state index is 0.0724. The molecule has 2 aromatic heterocycles. The lowest BCUT2D eigenvalue weighted by atomic mass is 9.95. The number of benzene rings is 1. The predicted molar refractivity (Wildman–Crippen MR) is 102 cm³/mol. The van der Waals surface area contributed by atoms with Gasteiger partial charge in [0, 0.05) is 25.8 Å². The van der Waals surface area contributed by atoms with Crippen LogP contribution in [0.2, 0.25) is 0 Å². The first-order valence-corrected chi connectivity index (χ1v) is 8.75. The van der Waals surface area contributed by atoms with Crippen LogP contribution in [-0.2, 0) is 13.6 Å². The third-order valence-corrected chi connectivity index (χ3v) is 4.64. The van der Waals surface area contributed by atoms with Crippen LogP contribution in [0.4, 0.5) is 0 Å². The summed E-state index contributed by atoms with van der Waals surface area (Å²) >= 11 is 0. The third-order valence-electron chi connectivity index (χ3n) is 4.64. The van der Waals surface area contributed by atoms with E-state index in [4.69, 9.17) is 5.11 Å². The summed E-state index contributed by atoms with van der Waals surface area (Å²) < 4.78 is 2.61. The van der Waals surface area contributed by atoms with Crippen LogP contribution in [0.3, 0.4) is 0 Å². The van der Waals surface area contributed by atoms with Crippen molar-refractivity contribution in [2.45, 2.75) is 32.7 Å². The van der Waals surface area contributed by atoms with E-state index in [-0.39, 0.29) is 18.7 Å². The number of rotatable bonds is 5. The van der Waals surface area contributed by atoms with E-state index < -0.39 is 5.69 Å². The molecule has 0 aliphatic carbocycles. The van der Waals surface area contributed by atoms with E-state index in [0.29, 0.717) is 28.9 Å². The summed E-state index contributed by atoms with van der Waals surface area (Å²) in [5, 5.41) is 9.49. The zero-order chi connectivity index (χ0) is 18.8. The van der Waals surface area contributed by atoms with Crippen molar-refractivity contribution in [1.29, 1.82) is 0 Å². The van der Waals surface area contributed by atoms with E-state index in [2.05, 4.69) is 24.9 Å². The van der Waals surface area contributed by atoms with Crippen molar-refractivity contribution in [3.05, 3.63) is 62.9 Å². The maximum atomic E-state index is 12.8. The number of hydrogen-bond donors (Lipinski definition) is 1. The molecule has 0 aliphatic heterocycles. The standard InChI is InChI=1S/C20H23N3O3/c1-13(2)14-7-4-5-8-15(14)17-11-16-18(12-21-17)22(3)20(26)23(19(16)25)9-6-10-24/h4-5,7-8,11-13,24H,6,9-10H2,1-3H3. The van der Waals surface area contributed by atoms with Gasteiger partial charge in [0.1, 0.15) is 0 Å². The van der Waals surface area contributed by atoms with Crippen molar-refractivity contribution in [3.8, 4) is 11.3 Å². The number of pyridine rings is 1. The average Bonchev–Trinajstić information content (AvgIpc) is 2.66. The fourth-order valence-electron chi connectivity index (χ4n) is 3.21. The molecule has 0 saturated carbocycles. The zero-order valence-corrected chi connectivity index (χ0v) is 15.3.